The van der Waals surface area contributed by atoms with Crippen LogP contribution in [-0.2, 0) is 21.2 Å². The van der Waals surface area contributed by atoms with Crippen LogP contribution in [-0.4, -0.2) is 43.7 Å². The van der Waals surface area contributed by atoms with E-state index in [0.717, 1.165) is 6.26 Å². The lowest BCUT2D eigenvalue weighted by atomic mass is 10.1. The molecule has 11 heteroatoms. The fraction of sp³-hybridized carbons (Fsp3) is 0.167. The minimum absolute atomic E-state index is 0.0462. The average molecular weight is 419 g/mol. The molecule has 1 amide bonds. The van der Waals surface area contributed by atoms with Crippen molar-refractivity contribution in [3.63, 3.8) is 0 Å². The van der Waals surface area contributed by atoms with Gasteiger partial charge < -0.3 is 21.5 Å². The molecule has 0 saturated heterocycles. The number of hydrogen-bond acceptors (Lipinski definition) is 5. The maximum atomic E-state index is 12.4. The fourth-order valence-electron chi connectivity index (χ4n) is 2.49. The molecule has 0 aromatic heterocycles. The number of nitrogens with two attached hydrogens (primary N) is 1. The van der Waals surface area contributed by atoms with E-state index in [2.05, 4.69) is 15.4 Å². The molecule has 10 nitrogen and oxygen atoms in total. The normalized spacial score (nSPS) is 12.0. The van der Waals surface area contributed by atoms with Gasteiger partial charge in [0, 0.05) is 16.9 Å². The molecule has 0 radical (unpaired) electrons. The third-order valence-corrected chi connectivity index (χ3v) is 4.42. The number of anilines is 2. The first-order valence-corrected chi connectivity index (χ1v) is 10.2. The van der Waals surface area contributed by atoms with Crippen LogP contribution < -0.4 is 21.1 Å². The summed E-state index contributed by atoms with van der Waals surface area (Å²) in [5.41, 5.74) is 7.18. The van der Waals surface area contributed by atoms with Gasteiger partial charge in [-0.25, -0.2) is 13.1 Å². The Kier molecular flexibility index (Phi) is 6.91. The number of amides is 1. The Labute approximate surface area is 167 Å². The van der Waals surface area contributed by atoms with Crippen LogP contribution in [0, 0.1) is 5.41 Å². The van der Waals surface area contributed by atoms with Gasteiger partial charge in [0.25, 0.3) is 5.91 Å². The molecule has 0 fully saturated rings. The van der Waals surface area contributed by atoms with E-state index in [-0.39, 0.29) is 18.3 Å². The smallest absolute Gasteiger partial charge is 0.322 e. The van der Waals surface area contributed by atoms with Crippen LogP contribution in [0.3, 0.4) is 0 Å². The van der Waals surface area contributed by atoms with E-state index in [1.165, 1.54) is 0 Å². The van der Waals surface area contributed by atoms with E-state index in [0.29, 0.717) is 22.5 Å². The number of sulfonamides is 1. The summed E-state index contributed by atoms with van der Waals surface area (Å²) >= 11 is 0. The highest BCUT2D eigenvalue weighted by Crippen LogP contribution is 2.15. The lowest BCUT2D eigenvalue weighted by Crippen LogP contribution is -2.41. The van der Waals surface area contributed by atoms with Crippen LogP contribution >= 0.6 is 0 Å². The average Bonchev–Trinajstić information content (AvgIpc) is 2.61. The molecular weight excluding hydrogens is 398 g/mol. The zero-order valence-electron chi connectivity index (χ0n) is 15.5. The molecule has 0 aliphatic carbocycles. The molecule has 2 aromatic rings. The lowest BCUT2D eigenvalue weighted by molar-refractivity contribution is -0.138. The van der Waals surface area contributed by atoms with Crippen molar-refractivity contribution in [2.24, 2.45) is 5.73 Å². The number of rotatable bonds is 8. The maximum absolute atomic E-state index is 12.4. The van der Waals surface area contributed by atoms with Gasteiger partial charge >= 0.3 is 5.97 Å². The summed E-state index contributed by atoms with van der Waals surface area (Å²) in [6.45, 7) is 0. The van der Waals surface area contributed by atoms with E-state index in [1.54, 1.807) is 48.5 Å². The highest BCUT2D eigenvalue weighted by molar-refractivity contribution is 7.88. The Morgan fingerprint density at radius 3 is 2.31 bits per heavy atom. The SMILES string of the molecule is CS(=O)(=O)N[C@@H](Cc1ccc(NC(=O)c2cccc(NC(=N)N)c2)cc1)C(=O)O. The molecule has 2 rings (SSSR count). The molecule has 0 unspecified atom stereocenters. The summed E-state index contributed by atoms with van der Waals surface area (Å²) in [4.78, 5) is 23.6. The van der Waals surface area contributed by atoms with Gasteiger partial charge in [-0.05, 0) is 42.3 Å². The zero-order valence-corrected chi connectivity index (χ0v) is 16.3. The Balaban J connectivity index is 2.05. The quantitative estimate of drug-likeness (QED) is 0.271. The van der Waals surface area contributed by atoms with Crippen molar-refractivity contribution in [3.8, 4) is 0 Å². The number of carbonyl (C=O) groups is 2. The van der Waals surface area contributed by atoms with Crippen LogP contribution in [0.5, 0.6) is 0 Å². The summed E-state index contributed by atoms with van der Waals surface area (Å²) in [5.74, 6) is -1.91. The third kappa shape index (κ3) is 7.24. The summed E-state index contributed by atoms with van der Waals surface area (Å²) in [6.07, 6.45) is 0.845. The minimum atomic E-state index is -3.67. The standard InChI is InChI=1S/C18H21N5O5S/c1-29(27,28)23-15(17(25)26)9-11-5-7-13(8-6-11)21-16(24)12-3-2-4-14(10-12)22-18(19)20/h2-8,10,15,23H,9H2,1H3,(H,21,24)(H,25,26)(H4,19,20,22)/t15-/m0/s1. The van der Waals surface area contributed by atoms with Gasteiger partial charge in [-0.3, -0.25) is 15.0 Å². The number of benzene rings is 2. The number of carboxylic acids is 1. The summed E-state index contributed by atoms with van der Waals surface area (Å²) < 4.78 is 24.6. The Hall–Kier alpha value is -3.44. The van der Waals surface area contributed by atoms with Crippen LogP contribution in [0.2, 0.25) is 0 Å². The van der Waals surface area contributed by atoms with Crippen LogP contribution in [0.15, 0.2) is 48.5 Å². The van der Waals surface area contributed by atoms with Gasteiger partial charge in [0.1, 0.15) is 6.04 Å². The third-order valence-electron chi connectivity index (χ3n) is 3.71. The van der Waals surface area contributed by atoms with Crippen molar-refractivity contribution in [2.75, 3.05) is 16.9 Å². The minimum Gasteiger partial charge on any atom is -0.480 e. The molecule has 29 heavy (non-hydrogen) atoms. The van der Waals surface area contributed by atoms with E-state index in [9.17, 15) is 18.0 Å². The Morgan fingerprint density at radius 1 is 1.10 bits per heavy atom. The molecule has 0 heterocycles. The highest BCUT2D eigenvalue weighted by atomic mass is 32.2. The summed E-state index contributed by atoms with van der Waals surface area (Å²) in [5, 5.41) is 21.7. The Bertz CT molecular complexity index is 1020. The summed E-state index contributed by atoms with van der Waals surface area (Å²) in [6, 6.07) is 11.5. The van der Waals surface area contributed by atoms with Crippen LogP contribution in [0.25, 0.3) is 0 Å². The van der Waals surface area contributed by atoms with Crippen LogP contribution in [0.4, 0.5) is 11.4 Å². The number of hydrogen-bond donors (Lipinski definition) is 6. The number of aliphatic carboxylic acids is 1. The number of guanidine groups is 1. The maximum Gasteiger partial charge on any atom is 0.322 e. The van der Waals surface area contributed by atoms with Crippen molar-refractivity contribution in [2.45, 2.75) is 12.5 Å². The largest absolute Gasteiger partial charge is 0.480 e. The van der Waals surface area contributed by atoms with E-state index < -0.39 is 22.0 Å². The van der Waals surface area contributed by atoms with Gasteiger partial charge in [0.2, 0.25) is 10.0 Å². The van der Waals surface area contributed by atoms with Gasteiger partial charge in [-0.1, -0.05) is 18.2 Å². The van der Waals surface area contributed by atoms with Crippen molar-refractivity contribution >= 4 is 39.2 Å². The second kappa shape index (κ2) is 9.17. The van der Waals surface area contributed by atoms with E-state index in [1.807, 2.05) is 0 Å². The van der Waals surface area contributed by atoms with Gasteiger partial charge in [0.05, 0.1) is 6.26 Å². The highest BCUT2D eigenvalue weighted by Gasteiger charge is 2.21. The van der Waals surface area contributed by atoms with Crippen LogP contribution in [0.1, 0.15) is 15.9 Å². The summed E-state index contributed by atoms with van der Waals surface area (Å²) in [7, 11) is -3.67. The first-order chi connectivity index (χ1) is 13.5. The first-order valence-electron chi connectivity index (χ1n) is 8.35. The topological polar surface area (TPSA) is 174 Å². The number of nitrogens with one attached hydrogen (secondary N) is 4. The molecule has 0 aliphatic heterocycles. The Morgan fingerprint density at radius 2 is 1.76 bits per heavy atom. The molecule has 1 atom stereocenters. The monoisotopic (exact) mass is 419 g/mol. The molecular formula is C18H21N5O5S. The molecule has 0 aliphatic rings. The van der Waals surface area contributed by atoms with E-state index in [4.69, 9.17) is 16.2 Å². The van der Waals surface area contributed by atoms with E-state index >= 15 is 0 Å². The van der Waals surface area contributed by atoms with Crippen molar-refractivity contribution in [1.82, 2.24) is 4.72 Å². The van der Waals surface area contributed by atoms with Crippen molar-refractivity contribution in [3.05, 3.63) is 59.7 Å². The molecule has 2 aromatic carbocycles. The van der Waals surface area contributed by atoms with Gasteiger partial charge in [-0.15, -0.1) is 0 Å². The fourth-order valence-corrected chi connectivity index (χ4v) is 3.20. The molecule has 0 bridgehead atoms. The molecule has 7 N–H and O–H groups in total. The van der Waals surface area contributed by atoms with Crippen molar-refractivity contribution < 1.29 is 23.1 Å². The predicted molar refractivity (Wildman–Crippen MR) is 109 cm³/mol. The molecule has 154 valence electrons. The number of carbonyl (C=O) groups excluding carboxylic acids is 1. The van der Waals surface area contributed by atoms with Gasteiger partial charge in [-0.2, -0.15) is 0 Å². The zero-order chi connectivity index (χ0) is 21.6. The second-order valence-corrected chi connectivity index (χ2v) is 8.04. The van der Waals surface area contributed by atoms with Gasteiger partial charge in [0.15, 0.2) is 5.96 Å². The predicted octanol–water partition coefficient (Wildman–Crippen LogP) is 0.789. The lowest BCUT2D eigenvalue weighted by Gasteiger charge is -2.13. The number of carboxylic acid groups (broad SMARTS) is 1. The van der Waals surface area contributed by atoms with Crippen molar-refractivity contribution in [1.29, 1.82) is 5.41 Å². The molecule has 0 saturated carbocycles. The molecule has 0 spiro atoms. The first kappa shape index (κ1) is 21.9. The second-order valence-electron chi connectivity index (χ2n) is 6.26.